The first-order chi connectivity index (χ1) is 7.59. The van der Waals surface area contributed by atoms with Gasteiger partial charge in [0.1, 0.15) is 0 Å². The molecule has 0 spiro atoms. The zero-order chi connectivity index (χ0) is 11.7. The topological polar surface area (TPSA) is 0 Å². The second-order valence-electron chi connectivity index (χ2n) is 4.90. The van der Waals surface area contributed by atoms with Crippen molar-refractivity contribution in [2.75, 3.05) is 0 Å². The second kappa shape index (κ2) is 4.98. The molecule has 1 atom stereocenters. The smallest absolute Gasteiger partial charge is 0.0628 e. The lowest BCUT2D eigenvalue weighted by Crippen LogP contribution is -2.04. The van der Waals surface area contributed by atoms with Gasteiger partial charge >= 0.3 is 0 Å². The summed E-state index contributed by atoms with van der Waals surface area (Å²) in [5, 5.41) is 0.921. The normalized spacial score (nSPS) is 19.0. The Hall–Kier alpha value is -0.200. The van der Waals surface area contributed by atoms with Crippen LogP contribution < -0.4 is 0 Å². The Balaban J connectivity index is 2.28. The molecule has 0 heterocycles. The Morgan fingerprint density at radius 1 is 1.12 bits per heavy atom. The fourth-order valence-electron chi connectivity index (χ4n) is 2.52. The Morgan fingerprint density at radius 2 is 1.69 bits per heavy atom. The molecule has 1 saturated carbocycles. The summed E-state index contributed by atoms with van der Waals surface area (Å²) in [6, 6.07) is 4.20. The van der Waals surface area contributed by atoms with Crippen LogP contribution in [0.3, 0.4) is 0 Å². The monoisotopic (exact) mass is 256 g/mol. The number of rotatable bonds is 2. The molecule has 2 heteroatoms. The minimum atomic E-state index is 0.0919. The van der Waals surface area contributed by atoms with Gasteiger partial charge in [0.15, 0.2) is 0 Å². The third kappa shape index (κ3) is 2.38. The van der Waals surface area contributed by atoms with Gasteiger partial charge in [-0.1, -0.05) is 30.5 Å². The van der Waals surface area contributed by atoms with Crippen LogP contribution in [0.5, 0.6) is 0 Å². The average Bonchev–Trinajstić information content (AvgIpc) is 2.75. The van der Waals surface area contributed by atoms with E-state index in [1.54, 1.807) is 0 Å². The molecular weight excluding hydrogens is 239 g/mol. The number of halogens is 2. The molecule has 1 aromatic rings. The Morgan fingerprint density at radius 3 is 2.31 bits per heavy atom. The molecule has 2 rings (SSSR count). The Bertz CT molecular complexity index is 379. The minimum absolute atomic E-state index is 0.0919. The molecule has 0 aliphatic heterocycles. The maximum atomic E-state index is 6.56. The third-order valence-corrected chi connectivity index (χ3v) is 4.64. The molecule has 1 unspecified atom stereocenters. The molecule has 1 aliphatic rings. The fraction of sp³-hybridized carbons (Fsp3) is 0.571. The Kier molecular flexibility index (Phi) is 3.81. The highest BCUT2D eigenvalue weighted by Crippen LogP contribution is 2.42. The first-order valence-electron chi connectivity index (χ1n) is 6.00. The van der Waals surface area contributed by atoms with E-state index in [-0.39, 0.29) is 5.38 Å². The SMILES string of the molecule is Cc1cc(Cl)c(C(Cl)C2CCCC2)cc1C. The van der Waals surface area contributed by atoms with Crippen molar-refractivity contribution in [3.05, 3.63) is 33.8 Å². The van der Waals surface area contributed by atoms with Gasteiger partial charge in [0.05, 0.1) is 5.38 Å². The number of benzene rings is 1. The van der Waals surface area contributed by atoms with Crippen molar-refractivity contribution in [2.45, 2.75) is 44.9 Å². The first-order valence-corrected chi connectivity index (χ1v) is 6.81. The van der Waals surface area contributed by atoms with Crippen LogP contribution in [0.1, 0.15) is 47.8 Å². The van der Waals surface area contributed by atoms with Gasteiger partial charge in [0, 0.05) is 5.02 Å². The van der Waals surface area contributed by atoms with Crippen LogP contribution in [0, 0.1) is 19.8 Å². The van der Waals surface area contributed by atoms with E-state index >= 15 is 0 Å². The van der Waals surface area contributed by atoms with Crippen molar-refractivity contribution in [1.29, 1.82) is 0 Å². The summed E-state index contributed by atoms with van der Waals surface area (Å²) in [4.78, 5) is 0. The van der Waals surface area contributed by atoms with Crippen LogP contribution in [0.4, 0.5) is 0 Å². The highest BCUT2D eigenvalue weighted by atomic mass is 35.5. The van der Waals surface area contributed by atoms with Crippen LogP contribution in [0.25, 0.3) is 0 Å². The summed E-state index contributed by atoms with van der Waals surface area (Å²) in [5.74, 6) is 0.612. The van der Waals surface area contributed by atoms with Crippen molar-refractivity contribution in [3.8, 4) is 0 Å². The summed E-state index contributed by atoms with van der Waals surface area (Å²) < 4.78 is 0. The van der Waals surface area contributed by atoms with Crippen LogP contribution in [-0.4, -0.2) is 0 Å². The van der Waals surface area contributed by atoms with Crippen molar-refractivity contribution in [2.24, 2.45) is 5.92 Å². The third-order valence-electron chi connectivity index (χ3n) is 3.72. The lowest BCUT2D eigenvalue weighted by Gasteiger charge is -2.19. The van der Waals surface area contributed by atoms with Gasteiger partial charge in [-0.15, -0.1) is 11.6 Å². The predicted molar refractivity (Wildman–Crippen MR) is 71.5 cm³/mol. The summed E-state index contributed by atoms with van der Waals surface area (Å²) in [6.45, 7) is 4.21. The largest absolute Gasteiger partial charge is 0.117 e. The zero-order valence-corrected chi connectivity index (χ0v) is 11.4. The van der Waals surface area contributed by atoms with E-state index in [0.717, 1.165) is 10.6 Å². The molecule has 1 fully saturated rings. The highest BCUT2D eigenvalue weighted by molar-refractivity contribution is 6.33. The summed E-state index contributed by atoms with van der Waals surface area (Å²) in [5.41, 5.74) is 3.64. The van der Waals surface area contributed by atoms with E-state index in [1.807, 2.05) is 6.07 Å². The van der Waals surface area contributed by atoms with Crippen LogP contribution in [0.15, 0.2) is 12.1 Å². The average molecular weight is 257 g/mol. The minimum Gasteiger partial charge on any atom is -0.117 e. The zero-order valence-electron chi connectivity index (χ0n) is 9.89. The van der Waals surface area contributed by atoms with Crippen molar-refractivity contribution < 1.29 is 0 Å². The quantitative estimate of drug-likeness (QED) is 0.620. The van der Waals surface area contributed by atoms with Gasteiger partial charge in [-0.05, 0) is 55.4 Å². The van der Waals surface area contributed by atoms with Gasteiger partial charge < -0.3 is 0 Å². The maximum absolute atomic E-state index is 6.56. The molecule has 0 aromatic heterocycles. The molecule has 1 aliphatic carbocycles. The van der Waals surface area contributed by atoms with Crippen LogP contribution >= 0.6 is 23.2 Å². The molecule has 88 valence electrons. The standard InChI is InChI=1S/C14H18Cl2/c1-9-7-12(13(15)8-10(9)2)14(16)11-5-3-4-6-11/h7-8,11,14H,3-6H2,1-2H3. The molecule has 1 aromatic carbocycles. The lowest BCUT2D eigenvalue weighted by atomic mass is 9.95. The van der Waals surface area contributed by atoms with Crippen LogP contribution in [-0.2, 0) is 0 Å². The van der Waals surface area contributed by atoms with E-state index in [9.17, 15) is 0 Å². The molecule has 0 bridgehead atoms. The first kappa shape index (κ1) is 12.3. The van der Waals surface area contributed by atoms with E-state index in [0.29, 0.717) is 5.92 Å². The number of aryl methyl sites for hydroxylation is 2. The van der Waals surface area contributed by atoms with Gasteiger partial charge in [0.25, 0.3) is 0 Å². The summed E-state index contributed by atoms with van der Waals surface area (Å²) in [6.07, 6.45) is 5.13. The van der Waals surface area contributed by atoms with Crippen molar-refractivity contribution >= 4 is 23.2 Å². The van der Waals surface area contributed by atoms with Crippen molar-refractivity contribution in [1.82, 2.24) is 0 Å². The molecule has 0 saturated heterocycles. The molecule has 16 heavy (non-hydrogen) atoms. The fourth-order valence-corrected chi connectivity index (χ4v) is 3.34. The maximum Gasteiger partial charge on any atom is 0.0628 e. The molecular formula is C14H18Cl2. The summed E-state index contributed by atoms with van der Waals surface area (Å²) >= 11 is 12.8. The lowest BCUT2D eigenvalue weighted by molar-refractivity contribution is 0.529. The summed E-state index contributed by atoms with van der Waals surface area (Å²) in [7, 11) is 0. The van der Waals surface area contributed by atoms with E-state index in [4.69, 9.17) is 23.2 Å². The van der Waals surface area contributed by atoms with E-state index in [1.165, 1.54) is 36.8 Å². The van der Waals surface area contributed by atoms with Crippen molar-refractivity contribution in [3.63, 3.8) is 0 Å². The van der Waals surface area contributed by atoms with E-state index in [2.05, 4.69) is 19.9 Å². The highest BCUT2D eigenvalue weighted by Gasteiger charge is 2.26. The molecule has 0 radical (unpaired) electrons. The number of alkyl halides is 1. The van der Waals surface area contributed by atoms with Gasteiger partial charge in [-0.3, -0.25) is 0 Å². The Labute approximate surface area is 108 Å². The van der Waals surface area contributed by atoms with E-state index < -0.39 is 0 Å². The van der Waals surface area contributed by atoms with Crippen LogP contribution in [0.2, 0.25) is 5.02 Å². The molecule has 0 N–H and O–H groups in total. The number of hydrogen-bond acceptors (Lipinski definition) is 0. The molecule has 0 amide bonds. The van der Waals surface area contributed by atoms with Gasteiger partial charge in [-0.25, -0.2) is 0 Å². The number of hydrogen-bond donors (Lipinski definition) is 0. The van der Waals surface area contributed by atoms with Gasteiger partial charge in [0.2, 0.25) is 0 Å². The molecule has 0 nitrogen and oxygen atoms in total. The van der Waals surface area contributed by atoms with Gasteiger partial charge in [-0.2, -0.15) is 0 Å². The predicted octanol–water partition coefficient (Wildman–Crippen LogP) is 5.43. The second-order valence-corrected chi connectivity index (χ2v) is 5.78.